The summed E-state index contributed by atoms with van der Waals surface area (Å²) in [6, 6.07) is -1.80. The Hall–Kier alpha value is -2.84. The molecule has 0 radical (unpaired) electrons. The summed E-state index contributed by atoms with van der Waals surface area (Å²) >= 11 is 0. The molecular weight excluding hydrogens is 264 g/mol. The van der Waals surface area contributed by atoms with Crippen LogP contribution in [0.2, 0.25) is 0 Å². The van der Waals surface area contributed by atoms with E-state index >= 15 is 0 Å². The van der Waals surface area contributed by atoms with Gasteiger partial charge in [0.15, 0.2) is 6.04 Å². The smallest absolute Gasteiger partial charge is 0.331 e. The average molecular weight is 278 g/mol. The highest BCUT2D eigenvalue weighted by Crippen LogP contribution is 2.12. The number of aryl methyl sites for hydroxylation is 2. The topological polar surface area (TPSA) is 114 Å². The quantitative estimate of drug-likeness (QED) is 0.734. The van der Waals surface area contributed by atoms with Crippen LogP contribution in [0.3, 0.4) is 0 Å². The van der Waals surface area contributed by atoms with Gasteiger partial charge in [0.25, 0.3) is 0 Å². The average Bonchev–Trinajstić information content (AvgIpc) is 2.95. The molecular formula is C11H14N6O3. The SMILES string of the molecule is Cn1cc(NC(=O)NC(C(=O)O)c2cnn(C)c2)cn1. The minimum Gasteiger partial charge on any atom is -0.479 e. The van der Waals surface area contributed by atoms with Crippen LogP contribution in [0.4, 0.5) is 10.5 Å². The van der Waals surface area contributed by atoms with Crippen molar-refractivity contribution in [3.8, 4) is 0 Å². The molecule has 0 bridgehead atoms. The van der Waals surface area contributed by atoms with E-state index in [1.165, 1.54) is 28.0 Å². The Kier molecular flexibility index (Phi) is 3.69. The van der Waals surface area contributed by atoms with E-state index in [-0.39, 0.29) is 0 Å². The van der Waals surface area contributed by atoms with Gasteiger partial charge in [0.2, 0.25) is 0 Å². The van der Waals surface area contributed by atoms with Crippen LogP contribution in [0.1, 0.15) is 11.6 Å². The van der Waals surface area contributed by atoms with Crippen molar-refractivity contribution in [2.75, 3.05) is 5.32 Å². The third-order valence-electron chi connectivity index (χ3n) is 2.54. The van der Waals surface area contributed by atoms with Crippen LogP contribution >= 0.6 is 0 Å². The van der Waals surface area contributed by atoms with Gasteiger partial charge < -0.3 is 15.7 Å². The number of nitrogens with zero attached hydrogens (tertiary/aromatic N) is 4. The number of hydrogen-bond acceptors (Lipinski definition) is 4. The van der Waals surface area contributed by atoms with E-state index in [0.29, 0.717) is 11.3 Å². The van der Waals surface area contributed by atoms with Gasteiger partial charge in [-0.2, -0.15) is 10.2 Å². The molecule has 106 valence electrons. The first-order chi connectivity index (χ1) is 9.45. The van der Waals surface area contributed by atoms with Gasteiger partial charge in [-0.25, -0.2) is 9.59 Å². The minimum atomic E-state index is -1.17. The molecule has 1 unspecified atom stereocenters. The number of aliphatic carboxylic acids is 1. The number of nitrogens with one attached hydrogen (secondary N) is 2. The molecule has 9 heteroatoms. The van der Waals surface area contributed by atoms with Gasteiger partial charge in [-0.3, -0.25) is 9.36 Å². The van der Waals surface area contributed by atoms with Gasteiger partial charge in [-0.15, -0.1) is 0 Å². The van der Waals surface area contributed by atoms with E-state index in [2.05, 4.69) is 20.8 Å². The Labute approximate surface area is 114 Å². The van der Waals surface area contributed by atoms with Crippen molar-refractivity contribution >= 4 is 17.7 Å². The molecule has 0 aliphatic carbocycles. The Bertz CT molecular complexity index is 632. The number of urea groups is 1. The number of aromatic nitrogens is 4. The van der Waals surface area contributed by atoms with Crippen LogP contribution in [0.15, 0.2) is 24.8 Å². The summed E-state index contributed by atoms with van der Waals surface area (Å²) in [5.74, 6) is -1.17. The lowest BCUT2D eigenvalue weighted by atomic mass is 10.1. The first kappa shape index (κ1) is 13.6. The van der Waals surface area contributed by atoms with Crippen LogP contribution < -0.4 is 10.6 Å². The molecule has 1 atom stereocenters. The van der Waals surface area contributed by atoms with Gasteiger partial charge in [-0.1, -0.05) is 0 Å². The van der Waals surface area contributed by atoms with Crippen LogP contribution in [0, 0.1) is 0 Å². The van der Waals surface area contributed by atoms with Gasteiger partial charge in [0.05, 0.1) is 18.1 Å². The Morgan fingerprint density at radius 1 is 1.20 bits per heavy atom. The normalized spacial score (nSPS) is 11.9. The summed E-state index contributed by atoms with van der Waals surface area (Å²) in [4.78, 5) is 23.0. The largest absolute Gasteiger partial charge is 0.479 e. The van der Waals surface area contributed by atoms with Crippen LogP contribution in [0.25, 0.3) is 0 Å². The number of rotatable bonds is 4. The fourth-order valence-corrected chi connectivity index (χ4v) is 1.66. The molecule has 3 N–H and O–H groups in total. The fraction of sp³-hybridized carbons (Fsp3) is 0.273. The number of anilines is 1. The van der Waals surface area contributed by atoms with Gasteiger partial charge in [-0.05, 0) is 0 Å². The minimum absolute atomic E-state index is 0.390. The maximum Gasteiger partial charge on any atom is 0.331 e. The molecule has 2 aromatic heterocycles. The number of amides is 2. The Morgan fingerprint density at radius 2 is 1.85 bits per heavy atom. The molecule has 0 aliphatic rings. The molecule has 2 rings (SSSR count). The molecule has 2 heterocycles. The van der Waals surface area contributed by atoms with Gasteiger partial charge in [0.1, 0.15) is 0 Å². The molecule has 0 fully saturated rings. The van der Waals surface area contributed by atoms with Crippen LogP contribution in [0.5, 0.6) is 0 Å². The molecule has 0 saturated heterocycles. The predicted octanol–water partition coefficient (Wildman–Crippen LogP) is 0.101. The first-order valence-corrected chi connectivity index (χ1v) is 5.73. The summed E-state index contributed by atoms with van der Waals surface area (Å²) < 4.78 is 2.98. The highest BCUT2D eigenvalue weighted by Gasteiger charge is 2.23. The highest BCUT2D eigenvalue weighted by molar-refractivity contribution is 5.92. The van der Waals surface area contributed by atoms with Crippen molar-refractivity contribution in [2.45, 2.75) is 6.04 Å². The van der Waals surface area contributed by atoms with E-state index < -0.39 is 18.0 Å². The molecule has 0 spiro atoms. The van der Waals surface area contributed by atoms with E-state index in [9.17, 15) is 9.59 Å². The molecule has 2 aromatic rings. The zero-order valence-corrected chi connectivity index (χ0v) is 10.9. The zero-order chi connectivity index (χ0) is 14.7. The molecule has 0 aromatic carbocycles. The summed E-state index contributed by atoms with van der Waals surface area (Å²) in [5.41, 5.74) is 0.863. The van der Waals surface area contributed by atoms with E-state index in [4.69, 9.17) is 5.11 Å². The number of carboxylic acid groups (broad SMARTS) is 1. The monoisotopic (exact) mass is 278 g/mol. The first-order valence-electron chi connectivity index (χ1n) is 5.73. The Balaban J connectivity index is 2.05. The number of carbonyl (C=O) groups excluding carboxylic acids is 1. The highest BCUT2D eigenvalue weighted by atomic mass is 16.4. The van der Waals surface area contributed by atoms with Crippen molar-refractivity contribution in [3.05, 3.63) is 30.4 Å². The predicted molar refractivity (Wildman–Crippen MR) is 68.9 cm³/mol. The lowest BCUT2D eigenvalue weighted by Gasteiger charge is -2.12. The van der Waals surface area contributed by atoms with Crippen molar-refractivity contribution in [1.82, 2.24) is 24.9 Å². The van der Waals surface area contributed by atoms with E-state index in [1.54, 1.807) is 20.3 Å². The molecule has 20 heavy (non-hydrogen) atoms. The van der Waals surface area contributed by atoms with Crippen molar-refractivity contribution in [3.63, 3.8) is 0 Å². The third kappa shape index (κ3) is 3.13. The third-order valence-corrected chi connectivity index (χ3v) is 2.54. The Morgan fingerprint density at radius 3 is 2.35 bits per heavy atom. The summed E-state index contributed by atoms with van der Waals surface area (Å²) in [6.45, 7) is 0. The molecule has 0 saturated carbocycles. The lowest BCUT2D eigenvalue weighted by molar-refractivity contribution is -0.139. The molecule has 9 nitrogen and oxygen atoms in total. The van der Waals surface area contributed by atoms with Gasteiger partial charge in [0, 0.05) is 32.1 Å². The second-order valence-electron chi connectivity index (χ2n) is 4.22. The maximum atomic E-state index is 11.8. The van der Waals surface area contributed by atoms with Crippen molar-refractivity contribution in [2.24, 2.45) is 14.1 Å². The van der Waals surface area contributed by atoms with E-state index in [0.717, 1.165) is 0 Å². The van der Waals surface area contributed by atoms with Crippen LogP contribution in [-0.4, -0.2) is 36.7 Å². The van der Waals surface area contributed by atoms with Crippen molar-refractivity contribution < 1.29 is 14.7 Å². The summed E-state index contributed by atoms with van der Waals surface area (Å²) in [5, 5.41) is 21.8. The second-order valence-corrected chi connectivity index (χ2v) is 4.22. The van der Waals surface area contributed by atoms with E-state index in [1.807, 2.05) is 0 Å². The van der Waals surface area contributed by atoms with Crippen molar-refractivity contribution in [1.29, 1.82) is 0 Å². The molecule has 0 aliphatic heterocycles. The maximum absolute atomic E-state index is 11.8. The number of hydrogen-bond donors (Lipinski definition) is 3. The summed E-state index contributed by atoms with van der Waals surface area (Å²) in [6.07, 6.45) is 5.98. The second kappa shape index (κ2) is 5.43. The number of carboxylic acids is 1. The van der Waals surface area contributed by atoms with Crippen LogP contribution in [-0.2, 0) is 18.9 Å². The number of carbonyl (C=O) groups is 2. The lowest BCUT2D eigenvalue weighted by Crippen LogP contribution is -2.36. The summed E-state index contributed by atoms with van der Waals surface area (Å²) in [7, 11) is 3.37. The zero-order valence-electron chi connectivity index (χ0n) is 10.9. The fourth-order valence-electron chi connectivity index (χ4n) is 1.66. The standard InChI is InChI=1S/C11H14N6O3/c1-16-5-7(3-12-16)9(10(18)19)15-11(20)14-8-4-13-17(2)6-8/h3-6,9H,1-2H3,(H,18,19)(H2,14,15,20). The van der Waals surface area contributed by atoms with Gasteiger partial charge >= 0.3 is 12.0 Å². The molecule has 2 amide bonds.